The number of carboxylic acids is 1. The van der Waals surface area contributed by atoms with Crippen molar-refractivity contribution >= 4 is 32.5 Å². The summed E-state index contributed by atoms with van der Waals surface area (Å²) >= 11 is 0. The molecule has 0 aliphatic heterocycles. The van der Waals surface area contributed by atoms with E-state index < -0.39 is 37.5 Å². The van der Waals surface area contributed by atoms with Crippen LogP contribution in [0.2, 0.25) is 0 Å². The van der Waals surface area contributed by atoms with Gasteiger partial charge in [0.1, 0.15) is 10.7 Å². The first-order valence-corrected chi connectivity index (χ1v) is 8.50. The molecule has 0 saturated heterocycles. The number of nitrogens with one attached hydrogen (secondary N) is 1. The zero-order valence-corrected chi connectivity index (χ0v) is 14.2. The standard InChI is InChI=1S/C16H13FN2O6S/c1-25-16(22)14(26(23,24)13-5-3-2-4-12(13)17)19-18-11-8-6-10(7-9-11)15(20)21/h2-9,18H,1H3,(H,20,21). The van der Waals surface area contributed by atoms with E-state index in [2.05, 4.69) is 15.3 Å². The molecule has 2 aromatic carbocycles. The number of methoxy groups -OCH3 is 1. The Balaban J connectivity index is 2.41. The molecule has 136 valence electrons. The summed E-state index contributed by atoms with van der Waals surface area (Å²) in [6.07, 6.45) is 0. The molecule has 0 aliphatic carbocycles. The number of aromatic carboxylic acids is 1. The van der Waals surface area contributed by atoms with Crippen LogP contribution < -0.4 is 5.43 Å². The Morgan fingerprint density at radius 3 is 2.27 bits per heavy atom. The summed E-state index contributed by atoms with van der Waals surface area (Å²) in [5.41, 5.74) is 2.53. The zero-order valence-electron chi connectivity index (χ0n) is 13.3. The van der Waals surface area contributed by atoms with E-state index in [0.29, 0.717) is 0 Å². The molecule has 0 radical (unpaired) electrons. The lowest BCUT2D eigenvalue weighted by Gasteiger charge is -2.08. The number of benzene rings is 2. The van der Waals surface area contributed by atoms with E-state index in [1.165, 1.54) is 36.4 Å². The van der Waals surface area contributed by atoms with Crippen LogP contribution in [0.25, 0.3) is 0 Å². The molecule has 0 unspecified atom stereocenters. The maximum Gasteiger partial charge on any atom is 0.370 e. The van der Waals surface area contributed by atoms with Gasteiger partial charge in [-0.1, -0.05) is 12.1 Å². The first-order chi connectivity index (χ1) is 12.3. The Bertz CT molecular complexity index is 970. The number of ether oxygens (including phenoxy) is 1. The smallest absolute Gasteiger partial charge is 0.370 e. The third-order valence-corrected chi connectivity index (χ3v) is 4.84. The molecule has 0 aromatic heterocycles. The average Bonchev–Trinajstić information content (AvgIpc) is 2.62. The lowest BCUT2D eigenvalue weighted by atomic mass is 10.2. The van der Waals surface area contributed by atoms with Gasteiger partial charge in [0.05, 0.1) is 18.4 Å². The predicted octanol–water partition coefficient (Wildman–Crippen LogP) is 1.90. The number of halogens is 1. The maximum atomic E-state index is 13.8. The molecule has 2 N–H and O–H groups in total. The van der Waals surface area contributed by atoms with Crippen molar-refractivity contribution in [2.75, 3.05) is 12.5 Å². The Labute approximate surface area is 147 Å². The van der Waals surface area contributed by atoms with E-state index in [1.54, 1.807) is 0 Å². The van der Waals surface area contributed by atoms with Crippen LogP contribution in [0, 0.1) is 5.82 Å². The molecule has 10 heteroatoms. The highest BCUT2D eigenvalue weighted by molar-refractivity contribution is 8.08. The van der Waals surface area contributed by atoms with Gasteiger partial charge in [-0.3, -0.25) is 5.43 Å². The van der Waals surface area contributed by atoms with E-state index in [1.807, 2.05) is 0 Å². The molecule has 0 atom stereocenters. The van der Waals surface area contributed by atoms with Crippen molar-refractivity contribution in [1.29, 1.82) is 0 Å². The molecule has 8 nitrogen and oxygen atoms in total. The lowest BCUT2D eigenvalue weighted by Crippen LogP contribution is -2.27. The van der Waals surface area contributed by atoms with Crippen LogP contribution in [-0.4, -0.2) is 37.6 Å². The predicted molar refractivity (Wildman–Crippen MR) is 90.1 cm³/mol. The van der Waals surface area contributed by atoms with Crippen molar-refractivity contribution in [2.45, 2.75) is 4.90 Å². The van der Waals surface area contributed by atoms with Crippen LogP contribution in [0.15, 0.2) is 58.5 Å². The minimum Gasteiger partial charge on any atom is -0.478 e. The fourth-order valence-electron chi connectivity index (χ4n) is 1.87. The van der Waals surface area contributed by atoms with Gasteiger partial charge in [-0.15, -0.1) is 0 Å². The number of nitrogens with zero attached hydrogens (tertiary/aromatic N) is 1. The molecule has 0 fully saturated rings. The van der Waals surface area contributed by atoms with E-state index in [-0.39, 0.29) is 11.3 Å². The first-order valence-electron chi connectivity index (χ1n) is 7.02. The van der Waals surface area contributed by atoms with Crippen molar-refractivity contribution < 1.29 is 32.2 Å². The number of hydrogen-bond donors (Lipinski definition) is 2. The zero-order chi connectivity index (χ0) is 19.3. The highest BCUT2D eigenvalue weighted by atomic mass is 32.2. The van der Waals surface area contributed by atoms with Gasteiger partial charge in [-0.25, -0.2) is 22.4 Å². The minimum absolute atomic E-state index is 0.00620. The third-order valence-electron chi connectivity index (χ3n) is 3.16. The van der Waals surface area contributed by atoms with Gasteiger partial charge in [0.2, 0.25) is 9.84 Å². The molecule has 0 bridgehead atoms. The van der Waals surface area contributed by atoms with Crippen LogP contribution in [-0.2, 0) is 19.4 Å². The summed E-state index contributed by atoms with van der Waals surface area (Å²) < 4.78 is 43.3. The molecular formula is C16H13FN2O6S. The summed E-state index contributed by atoms with van der Waals surface area (Å²) in [6.45, 7) is 0. The SMILES string of the molecule is COC(=O)C(=NNc1ccc(C(=O)O)cc1)S(=O)(=O)c1ccccc1F. The topological polar surface area (TPSA) is 122 Å². The van der Waals surface area contributed by atoms with Gasteiger partial charge >= 0.3 is 11.9 Å². The van der Waals surface area contributed by atoms with E-state index >= 15 is 0 Å². The first kappa shape index (κ1) is 19.1. The second kappa shape index (κ2) is 7.74. The second-order valence-corrected chi connectivity index (χ2v) is 6.67. The third kappa shape index (κ3) is 4.03. The molecule has 0 heterocycles. The molecule has 2 aromatic rings. The summed E-state index contributed by atoms with van der Waals surface area (Å²) in [5, 5.41) is 11.3. The molecule has 0 saturated carbocycles. The fourth-order valence-corrected chi connectivity index (χ4v) is 3.13. The van der Waals surface area contributed by atoms with Crippen molar-refractivity contribution in [2.24, 2.45) is 5.10 Å². The lowest BCUT2D eigenvalue weighted by molar-refractivity contribution is -0.132. The number of esters is 1. The number of carbonyl (C=O) groups excluding carboxylic acids is 1. The van der Waals surface area contributed by atoms with Crippen molar-refractivity contribution in [3.05, 3.63) is 59.9 Å². The minimum atomic E-state index is -4.59. The summed E-state index contributed by atoms with van der Waals surface area (Å²) in [5.74, 6) is -3.48. The number of rotatable bonds is 4. The van der Waals surface area contributed by atoms with Gasteiger partial charge in [-0.05, 0) is 36.4 Å². The fraction of sp³-hybridized carbons (Fsp3) is 0.0625. The van der Waals surface area contributed by atoms with E-state index in [9.17, 15) is 22.4 Å². The molecule has 0 spiro atoms. The molecule has 2 rings (SSSR count). The number of carboxylic acid groups (broad SMARTS) is 1. The number of carbonyl (C=O) groups is 2. The highest BCUT2D eigenvalue weighted by Gasteiger charge is 2.32. The van der Waals surface area contributed by atoms with Crippen LogP contribution in [0.4, 0.5) is 10.1 Å². The number of anilines is 1. The van der Waals surface area contributed by atoms with Gasteiger partial charge in [0.25, 0.3) is 5.04 Å². The van der Waals surface area contributed by atoms with Gasteiger partial charge < -0.3 is 9.84 Å². The van der Waals surface area contributed by atoms with Gasteiger partial charge in [0.15, 0.2) is 0 Å². The Morgan fingerprint density at radius 2 is 1.73 bits per heavy atom. The number of hydrogen-bond acceptors (Lipinski definition) is 7. The Morgan fingerprint density at radius 1 is 1.12 bits per heavy atom. The summed E-state index contributed by atoms with van der Waals surface area (Å²) in [6, 6.07) is 9.65. The summed E-state index contributed by atoms with van der Waals surface area (Å²) in [7, 11) is -3.64. The monoisotopic (exact) mass is 380 g/mol. The number of hydrazone groups is 1. The second-order valence-electron chi connectivity index (χ2n) is 4.84. The van der Waals surface area contributed by atoms with Gasteiger partial charge in [0, 0.05) is 0 Å². The largest absolute Gasteiger partial charge is 0.478 e. The highest BCUT2D eigenvalue weighted by Crippen LogP contribution is 2.18. The Hall–Kier alpha value is -3.27. The quantitative estimate of drug-likeness (QED) is 0.359. The van der Waals surface area contributed by atoms with Crippen LogP contribution >= 0.6 is 0 Å². The van der Waals surface area contributed by atoms with Crippen molar-refractivity contribution in [1.82, 2.24) is 0 Å². The average molecular weight is 380 g/mol. The molecule has 0 amide bonds. The van der Waals surface area contributed by atoms with Crippen molar-refractivity contribution in [3.8, 4) is 0 Å². The van der Waals surface area contributed by atoms with Crippen LogP contribution in [0.1, 0.15) is 10.4 Å². The molecular weight excluding hydrogens is 367 g/mol. The van der Waals surface area contributed by atoms with Crippen LogP contribution in [0.3, 0.4) is 0 Å². The summed E-state index contributed by atoms with van der Waals surface area (Å²) in [4.78, 5) is 21.9. The maximum absolute atomic E-state index is 13.8. The molecule has 26 heavy (non-hydrogen) atoms. The van der Waals surface area contributed by atoms with Crippen molar-refractivity contribution in [3.63, 3.8) is 0 Å². The van der Waals surface area contributed by atoms with Gasteiger partial charge in [-0.2, -0.15) is 5.10 Å². The van der Waals surface area contributed by atoms with Crippen LogP contribution in [0.5, 0.6) is 0 Å². The Kier molecular flexibility index (Phi) is 5.68. The molecule has 0 aliphatic rings. The van der Waals surface area contributed by atoms with E-state index in [4.69, 9.17) is 5.11 Å². The van der Waals surface area contributed by atoms with E-state index in [0.717, 1.165) is 19.2 Å². The normalized spacial score (nSPS) is 11.7. The number of sulfone groups is 1.